The molecule has 0 saturated carbocycles. The molecule has 0 bridgehead atoms. The lowest BCUT2D eigenvalue weighted by atomic mass is 10.1. The van der Waals surface area contributed by atoms with Gasteiger partial charge in [-0.2, -0.15) is 0 Å². The minimum absolute atomic E-state index is 0.209. The number of anilines is 1. The van der Waals surface area contributed by atoms with Crippen LogP contribution in [-0.2, 0) is 20.9 Å². The Morgan fingerprint density at radius 1 is 1.06 bits per heavy atom. The number of fused-ring (bicyclic) bond motifs is 1. The van der Waals surface area contributed by atoms with Crippen LogP contribution in [0.5, 0.6) is 11.5 Å². The molecule has 0 aliphatic carbocycles. The van der Waals surface area contributed by atoms with Crippen molar-refractivity contribution in [2.24, 2.45) is 0 Å². The number of benzene rings is 2. The van der Waals surface area contributed by atoms with Crippen LogP contribution in [-0.4, -0.2) is 35.5 Å². The van der Waals surface area contributed by atoms with Gasteiger partial charge in [0.1, 0.15) is 18.0 Å². The summed E-state index contributed by atoms with van der Waals surface area (Å²) >= 11 is 0. The van der Waals surface area contributed by atoms with E-state index in [-0.39, 0.29) is 24.2 Å². The maximum absolute atomic E-state index is 12.9. The lowest BCUT2D eigenvalue weighted by Crippen LogP contribution is -2.28. The maximum Gasteiger partial charge on any atom is 0.573 e. The highest BCUT2D eigenvalue weighted by Crippen LogP contribution is 2.25. The van der Waals surface area contributed by atoms with E-state index in [9.17, 15) is 27.6 Å². The molecule has 2 aromatic carbocycles. The fourth-order valence-corrected chi connectivity index (χ4v) is 3.11. The predicted molar refractivity (Wildman–Crippen MR) is 117 cm³/mol. The van der Waals surface area contributed by atoms with Crippen molar-refractivity contribution in [1.82, 2.24) is 4.57 Å². The molecule has 34 heavy (non-hydrogen) atoms. The Balaban J connectivity index is 1.73. The average Bonchev–Trinajstić information content (AvgIpc) is 2.76. The summed E-state index contributed by atoms with van der Waals surface area (Å²) in [5.74, 6) is -1.21. The van der Waals surface area contributed by atoms with Crippen LogP contribution in [0.15, 0.2) is 59.5 Å². The molecule has 0 radical (unpaired) electrons. The van der Waals surface area contributed by atoms with Crippen molar-refractivity contribution in [3.8, 4) is 11.5 Å². The van der Waals surface area contributed by atoms with Crippen molar-refractivity contribution in [2.45, 2.75) is 32.9 Å². The molecule has 0 fully saturated rings. The predicted octanol–water partition coefficient (Wildman–Crippen LogP) is 3.87. The molecule has 3 aromatic rings. The average molecular weight is 478 g/mol. The monoisotopic (exact) mass is 478 g/mol. The van der Waals surface area contributed by atoms with Gasteiger partial charge in [0.15, 0.2) is 6.10 Å². The number of aromatic nitrogens is 1. The van der Waals surface area contributed by atoms with Gasteiger partial charge in [-0.05, 0) is 56.3 Å². The van der Waals surface area contributed by atoms with Crippen LogP contribution in [0.4, 0.5) is 18.9 Å². The van der Waals surface area contributed by atoms with E-state index >= 15 is 0 Å². The van der Waals surface area contributed by atoms with Gasteiger partial charge in [-0.15, -0.1) is 13.2 Å². The van der Waals surface area contributed by atoms with Gasteiger partial charge >= 0.3 is 12.3 Å². The summed E-state index contributed by atoms with van der Waals surface area (Å²) in [6.45, 7) is 3.09. The molecular formula is C23H21F3N2O6. The lowest BCUT2D eigenvalue weighted by molar-refractivity contribution is -0.274. The summed E-state index contributed by atoms with van der Waals surface area (Å²) in [5.41, 5.74) is -0.229. The SMILES string of the molecule is CCOC(=O)[C@@H](C)Oc1cccc2c(=O)n(CC(=O)Nc3ccc(OC(F)(F)F)cc3)ccc12. The number of ether oxygens (including phenoxy) is 3. The number of alkyl halides is 3. The number of halogens is 3. The normalized spacial score (nSPS) is 12.1. The lowest BCUT2D eigenvalue weighted by Gasteiger charge is -2.15. The van der Waals surface area contributed by atoms with Crippen LogP contribution in [0, 0.1) is 0 Å². The van der Waals surface area contributed by atoms with E-state index in [0.717, 1.165) is 12.1 Å². The maximum atomic E-state index is 12.9. The van der Waals surface area contributed by atoms with Crippen molar-refractivity contribution in [3.05, 3.63) is 65.1 Å². The highest BCUT2D eigenvalue weighted by Gasteiger charge is 2.31. The molecule has 1 aromatic heterocycles. The molecule has 11 heteroatoms. The largest absolute Gasteiger partial charge is 0.573 e. The summed E-state index contributed by atoms with van der Waals surface area (Å²) in [6, 6.07) is 11.0. The van der Waals surface area contributed by atoms with Gasteiger partial charge in [0.25, 0.3) is 5.56 Å². The Labute approximate surface area is 191 Å². The van der Waals surface area contributed by atoms with E-state index in [4.69, 9.17) is 9.47 Å². The summed E-state index contributed by atoms with van der Waals surface area (Å²) < 4.78 is 52.3. The van der Waals surface area contributed by atoms with Crippen molar-refractivity contribution in [3.63, 3.8) is 0 Å². The number of esters is 1. The van der Waals surface area contributed by atoms with Gasteiger partial charge in [0.05, 0.1) is 12.0 Å². The van der Waals surface area contributed by atoms with Gasteiger partial charge in [0, 0.05) is 17.3 Å². The first-order valence-corrected chi connectivity index (χ1v) is 10.2. The Hall–Kier alpha value is -4.02. The minimum atomic E-state index is -4.82. The number of carbonyl (C=O) groups excluding carboxylic acids is 2. The van der Waals surface area contributed by atoms with Crippen LogP contribution < -0.4 is 20.3 Å². The first kappa shape index (κ1) is 24.6. The second-order valence-electron chi connectivity index (χ2n) is 7.10. The molecule has 0 aliphatic rings. The Bertz CT molecular complexity index is 1240. The molecule has 0 aliphatic heterocycles. The Kier molecular flexibility index (Phi) is 7.44. The van der Waals surface area contributed by atoms with Crippen LogP contribution in [0.3, 0.4) is 0 Å². The summed E-state index contributed by atoms with van der Waals surface area (Å²) in [5, 5.41) is 3.24. The van der Waals surface area contributed by atoms with Crippen LogP contribution in [0.25, 0.3) is 10.8 Å². The summed E-state index contributed by atoms with van der Waals surface area (Å²) in [6.07, 6.45) is -4.29. The van der Waals surface area contributed by atoms with Gasteiger partial charge in [0.2, 0.25) is 5.91 Å². The van der Waals surface area contributed by atoms with Gasteiger partial charge in [-0.1, -0.05) is 6.07 Å². The van der Waals surface area contributed by atoms with Gasteiger partial charge in [-0.25, -0.2) is 4.79 Å². The number of hydrogen-bond acceptors (Lipinski definition) is 6. The number of nitrogens with zero attached hydrogens (tertiary/aromatic N) is 1. The van der Waals surface area contributed by atoms with Gasteiger partial charge < -0.3 is 24.1 Å². The topological polar surface area (TPSA) is 95.9 Å². The molecule has 8 nitrogen and oxygen atoms in total. The van der Waals surface area contributed by atoms with E-state index in [1.54, 1.807) is 31.2 Å². The molecule has 1 amide bonds. The zero-order chi connectivity index (χ0) is 24.9. The molecule has 1 atom stereocenters. The second-order valence-corrected chi connectivity index (χ2v) is 7.10. The van der Waals surface area contributed by atoms with Gasteiger partial charge in [-0.3, -0.25) is 9.59 Å². The number of hydrogen-bond donors (Lipinski definition) is 1. The van der Waals surface area contributed by atoms with Crippen LogP contribution >= 0.6 is 0 Å². The van der Waals surface area contributed by atoms with E-state index in [0.29, 0.717) is 11.1 Å². The minimum Gasteiger partial charge on any atom is -0.478 e. The van der Waals surface area contributed by atoms with Crippen molar-refractivity contribution in [2.75, 3.05) is 11.9 Å². The quantitative estimate of drug-likeness (QED) is 0.494. The fourth-order valence-electron chi connectivity index (χ4n) is 3.11. The molecule has 1 N–H and O–H groups in total. The van der Waals surface area contributed by atoms with E-state index in [1.807, 2.05) is 0 Å². The van der Waals surface area contributed by atoms with Crippen LogP contribution in [0.1, 0.15) is 13.8 Å². The van der Waals surface area contributed by atoms with Crippen molar-refractivity contribution < 1.29 is 37.0 Å². The zero-order valence-corrected chi connectivity index (χ0v) is 18.2. The molecular weight excluding hydrogens is 457 g/mol. The highest BCUT2D eigenvalue weighted by molar-refractivity contribution is 5.91. The van der Waals surface area contributed by atoms with E-state index in [1.165, 1.54) is 29.8 Å². The Morgan fingerprint density at radius 3 is 2.41 bits per heavy atom. The molecule has 0 saturated heterocycles. The standard InChI is InChI=1S/C23H21F3N2O6/c1-3-32-22(31)14(2)33-19-6-4-5-18-17(19)11-12-28(21(18)30)13-20(29)27-15-7-9-16(10-8-15)34-23(24,25)26/h4-12,14H,3,13H2,1-2H3,(H,27,29)/t14-/m1/s1. The van der Waals surface area contributed by atoms with Crippen molar-refractivity contribution >= 4 is 28.3 Å². The third-order valence-electron chi connectivity index (χ3n) is 4.59. The molecule has 3 rings (SSSR count). The van der Waals surface area contributed by atoms with E-state index in [2.05, 4.69) is 10.1 Å². The van der Waals surface area contributed by atoms with Crippen LogP contribution in [0.2, 0.25) is 0 Å². The summed E-state index contributed by atoms with van der Waals surface area (Å²) in [4.78, 5) is 37.1. The molecule has 1 heterocycles. The zero-order valence-electron chi connectivity index (χ0n) is 18.2. The number of nitrogens with one attached hydrogen (secondary N) is 1. The highest BCUT2D eigenvalue weighted by atomic mass is 19.4. The second kappa shape index (κ2) is 10.3. The van der Waals surface area contributed by atoms with Crippen molar-refractivity contribution in [1.29, 1.82) is 0 Å². The Morgan fingerprint density at radius 2 is 1.76 bits per heavy atom. The first-order chi connectivity index (χ1) is 16.1. The number of carbonyl (C=O) groups is 2. The smallest absolute Gasteiger partial charge is 0.478 e. The molecule has 0 spiro atoms. The molecule has 180 valence electrons. The first-order valence-electron chi connectivity index (χ1n) is 10.2. The summed E-state index contributed by atoms with van der Waals surface area (Å²) in [7, 11) is 0. The third kappa shape index (κ3) is 6.27. The molecule has 0 unspecified atom stereocenters. The van der Waals surface area contributed by atoms with E-state index < -0.39 is 35.7 Å². The third-order valence-corrected chi connectivity index (χ3v) is 4.59. The number of rotatable bonds is 8. The fraction of sp³-hybridized carbons (Fsp3) is 0.261. The number of pyridine rings is 1. The number of amides is 1.